The minimum atomic E-state index is 0.0856. The smallest absolute Gasteiger partial charge is 0.319 e. The van der Waals surface area contributed by atoms with Crippen LogP contribution in [0.4, 0.5) is 4.79 Å². The second-order valence-corrected chi connectivity index (χ2v) is 3.06. The highest BCUT2D eigenvalue weighted by Crippen LogP contribution is 2.00. The van der Waals surface area contributed by atoms with Gasteiger partial charge >= 0.3 is 6.03 Å². The van der Waals surface area contributed by atoms with Crippen LogP contribution in [0.25, 0.3) is 0 Å². The van der Waals surface area contributed by atoms with Gasteiger partial charge in [-0.1, -0.05) is 0 Å². The van der Waals surface area contributed by atoms with Gasteiger partial charge in [0.25, 0.3) is 0 Å². The van der Waals surface area contributed by atoms with Gasteiger partial charge in [0.15, 0.2) is 0 Å². The van der Waals surface area contributed by atoms with Gasteiger partial charge in [0.05, 0.1) is 0 Å². The summed E-state index contributed by atoms with van der Waals surface area (Å²) < 4.78 is 0. The molecule has 0 radical (unpaired) electrons. The van der Waals surface area contributed by atoms with Crippen molar-refractivity contribution in [3.8, 4) is 0 Å². The van der Waals surface area contributed by atoms with Crippen LogP contribution >= 0.6 is 0 Å². The molecule has 0 fully saturated rings. The fourth-order valence-corrected chi connectivity index (χ4v) is 0.978. The molecule has 0 bridgehead atoms. The fraction of sp³-hybridized carbons (Fsp3) is 0.875. The van der Waals surface area contributed by atoms with Crippen LogP contribution in [-0.2, 0) is 0 Å². The average molecular weight is 158 g/mol. The third-order valence-electron chi connectivity index (χ3n) is 1.59. The number of nitrogens with zero attached hydrogens (tertiary/aromatic N) is 2. The van der Waals surface area contributed by atoms with Crippen LogP contribution in [0.2, 0.25) is 0 Å². The second-order valence-electron chi connectivity index (χ2n) is 3.06. The molecule has 0 saturated heterocycles. The lowest BCUT2D eigenvalue weighted by atomic mass is 10.3. The first-order chi connectivity index (χ1) is 5.00. The summed E-state index contributed by atoms with van der Waals surface area (Å²) in [6.07, 6.45) is 0. The van der Waals surface area contributed by atoms with E-state index in [4.69, 9.17) is 0 Å². The molecule has 0 aromatic rings. The van der Waals surface area contributed by atoms with Crippen LogP contribution in [0.15, 0.2) is 0 Å². The first-order valence-electron chi connectivity index (χ1n) is 3.98. The number of amides is 2. The highest BCUT2D eigenvalue weighted by atomic mass is 16.2. The highest BCUT2D eigenvalue weighted by Gasteiger charge is 2.15. The van der Waals surface area contributed by atoms with Gasteiger partial charge in [-0.05, 0) is 20.8 Å². The third kappa shape index (κ3) is 2.78. The SMILES string of the molecule is CCN(C(=O)N(C)C)C(C)C. The van der Waals surface area contributed by atoms with Gasteiger partial charge in [-0.2, -0.15) is 0 Å². The van der Waals surface area contributed by atoms with E-state index in [0.717, 1.165) is 6.54 Å². The van der Waals surface area contributed by atoms with Gasteiger partial charge in [0.1, 0.15) is 0 Å². The fourth-order valence-electron chi connectivity index (χ4n) is 0.978. The Kier molecular flexibility index (Phi) is 3.93. The van der Waals surface area contributed by atoms with E-state index in [2.05, 4.69) is 0 Å². The van der Waals surface area contributed by atoms with E-state index < -0.39 is 0 Å². The van der Waals surface area contributed by atoms with Crippen molar-refractivity contribution in [2.45, 2.75) is 26.8 Å². The molecule has 2 amide bonds. The number of carbonyl (C=O) groups excluding carboxylic acids is 1. The Labute approximate surface area is 69.0 Å². The summed E-state index contributed by atoms with van der Waals surface area (Å²) in [5.41, 5.74) is 0. The van der Waals surface area contributed by atoms with E-state index in [-0.39, 0.29) is 12.1 Å². The van der Waals surface area contributed by atoms with Crippen molar-refractivity contribution in [1.29, 1.82) is 0 Å². The Morgan fingerprint density at radius 3 is 1.91 bits per heavy atom. The lowest BCUT2D eigenvalue weighted by Gasteiger charge is -2.28. The maximum absolute atomic E-state index is 11.4. The maximum atomic E-state index is 11.4. The van der Waals surface area contributed by atoms with E-state index in [1.807, 2.05) is 25.7 Å². The number of hydrogen-bond donors (Lipinski definition) is 0. The zero-order valence-corrected chi connectivity index (χ0v) is 8.09. The average Bonchev–Trinajstić information content (AvgIpc) is 1.88. The summed E-state index contributed by atoms with van der Waals surface area (Å²) in [4.78, 5) is 14.8. The predicted molar refractivity (Wildman–Crippen MR) is 46.6 cm³/mol. The van der Waals surface area contributed by atoms with Crippen molar-refractivity contribution in [3.05, 3.63) is 0 Å². The number of urea groups is 1. The van der Waals surface area contributed by atoms with Crippen LogP contribution in [0, 0.1) is 0 Å². The quantitative estimate of drug-likeness (QED) is 0.596. The van der Waals surface area contributed by atoms with Crippen LogP contribution < -0.4 is 0 Å². The molecule has 0 aliphatic rings. The Morgan fingerprint density at radius 1 is 1.36 bits per heavy atom. The molecule has 0 spiro atoms. The molecular formula is C8H18N2O. The van der Waals surface area contributed by atoms with Crippen LogP contribution in [-0.4, -0.2) is 42.5 Å². The van der Waals surface area contributed by atoms with Gasteiger partial charge in [-0.3, -0.25) is 0 Å². The molecule has 0 unspecified atom stereocenters. The normalized spacial score (nSPS) is 10.0. The number of rotatable bonds is 2. The van der Waals surface area contributed by atoms with Crippen molar-refractivity contribution in [2.75, 3.05) is 20.6 Å². The van der Waals surface area contributed by atoms with Crippen molar-refractivity contribution in [3.63, 3.8) is 0 Å². The van der Waals surface area contributed by atoms with Gasteiger partial charge in [-0.15, -0.1) is 0 Å². The Morgan fingerprint density at radius 2 is 1.82 bits per heavy atom. The molecule has 0 rings (SSSR count). The molecule has 0 heterocycles. The monoisotopic (exact) mass is 158 g/mol. The van der Waals surface area contributed by atoms with Crippen LogP contribution in [0.1, 0.15) is 20.8 Å². The standard InChI is InChI=1S/C8H18N2O/c1-6-10(7(2)3)8(11)9(4)5/h7H,6H2,1-5H3. The predicted octanol–water partition coefficient (Wildman–Crippen LogP) is 1.40. The summed E-state index contributed by atoms with van der Waals surface area (Å²) in [6.45, 7) is 6.80. The molecule has 0 atom stereocenters. The third-order valence-corrected chi connectivity index (χ3v) is 1.59. The Hall–Kier alpha value is -0.730. The van der Waals surface area contributed by atoms with E-state index in [1.165, 1.54) is 0 Å². The van der Waals surface area contributed by atoms with Gasteiger partial charge in [0, 0.05) is 26.7 Å². The van der Waals surface area contributed by atoms with Crippen molar-refractivity contribution >= 4 is 6.03 Å². The first kappa shape index (κ1) is 10.3. The lowest BCUT2D eigenvalue weighted by Crippen LogP contribution is -2.43. The summed E-state index contributed by atoms with van der Waals surface area (Å²) in [6, 6.07) is 0.373. The molecule has 3 heteroatoms. The van der Waals surface area contributed by atoms with E-state index >= 15 is 0 Å². The van der Waals surface area contributed by atoms with Crippen molar-refractivity contribution in [2.24, 2.45) is 0 Å². The minimum Gasteiger partial charge on any atom is -0.331 e. The van der Waals surface area contributed by atoms with Gasteiger partial charge in [-0.25, -0.2) is 4.79 Å². The molecular weight excluding hydrogens is 140 g/mol. The van der Waals surface area contributed by atoms with E-state index in [9.17, 15) is 4.79 Å². The molecule has 0 aromatic carbocycles. The second kappa shape index (κ2) is 4.21. The lowest BCUT2D eigenvalue weighted by molar-refractivity contribution is 0.160. The maximum Gasteiger partial charge on any atom is 0.319 e. The molecule has 11 heavy (non-hydrogen) atoms. The molecule has 0 saturated carbocycles. The molecule has 0 aliphatic carbocycles. The first-order valence-corrected chi connectivity index (χ1v) is 3.98. The summed E-state index contributed by atoms with van der Waals surface area (Å²) in [7, 11) is 3.54. The zero-order valence-electron chi connectivity index (χ0n) is 8.09. The summed E-state index contributed by atoms with van der Waals surface area (Å²) in [5.74, 6) is 0. The van der Waals surface area contributed by atoms with E-state index in [1.54, 1.807) is 19.0 Å². The van der Waals surface area contributed by atoms with Crippen LogP contribution in [0.3, 0.4) is 0 Å². The molecule has 66 valence electrons. The van der Waals surface area contributed by atoms with E-state index in [0.29, 0.717) is 0 Å². The molecule has 3 nitrogen and oxygen atoms in total. The Balaban J connectivity index is 4.15. The number of carbonyl (C=O) groups is 1. The molecule has 0 aromatic heterocycles. The minimum absolute atomic E-state index is 0.0856. The topological polar surface area (TPSA) is 23.6 Å². The van der Waals surface area contributed by atoms with Crippen LogP contribution in [0.5, 0.6) is 0 Å². The Bertz CT molecular complexity index is 132. The largest absolute Gasteiger partial charge is 0.331 e. The number of hydrogen-bond acceptors (Lipinski definition) is 1. The highest BCUT2D eigenvalue weighted by molar-refractivity contribution is 5.74. The zero-order chi connectivity index (χ0) is 9.02. The molecule has 0 aliphatic heterocycles. The van der Waals surface area contributed by atoms with Crippen molar-refractivity contribution < 1.29 is 4.79 Å². The van der Waals surface area contributed by atoms with Gasteiger partial charge in [0.2, 0.25) is 0 Å². The summed E-state index contributed by atoms with van der Waals surface area (Å²) >= 11 is 0. The summed E-state index contributed by atoms with van der Waals surface area (Å²) in [5, 5.41) is 0. The van der Waals surface area contributed by atoms with Crippen molar-refractivity contribution in [1.82, 2.24) is 9.80 Å². The molecule has 0 N–H and O–H groups in total. The van der Waals surface area contributed by atoms with Gasteiger partial charge < -0.3 is 9.80 Å².